The molecule has 226 valence electrons. The average Bonchev–Trinajstić information content (AvgIpc) is 3.34. The molecule has 1 aromatic heterocycles. The second kappa shape index (κ2) is 12.6. The van der Waals surface area contributed by atoms with Gasteiger partial charge in [-0.15, -0.1) is 0 Å². The normalized spacial score (nSPS) is 12.7. The van der Waals surface area contributed by atoms with E-state index in [-0.39, 0.29) is 29.5 Å². The summed E-state index contributed by atoms with van der Waals surface area (Å²) in [6.07, 6.45) is -4.75. The number of hydrogen-bond donors (Lipinski definition) is 3. The van der Waals surface area contributed by atoms with Crippen LogP contribution < -0.4 is 9.50 Å². The smallest absolute Gasteiger partial charge is 0.426 e. The Labute approximate surface area is 247 Å². The molecule has 0 saturated heterocycles. The molecule has 1 amide bonds. The number of para-hydroxylation sites is 1. The minimum atomic E-state index is -4.75. The van der Waals surface area contributed by atoms with E-state index < -0.39 is 45.7 Å². The first kappa shape index (κ1) is 31.8. The summed E-state index contributed by atoms with van der Waals surface area (Å²) < 4.78 is 72.4. The first-order chi connectivity index (χ1) is 20.2. The minimum Gasteiger partial charge on any atom is -0.426 e. The van der Waals surface area contributed by atoms with Gasteiger partial charge >= 0.3 is 23.4 Å². The summed E-state index contributed by atoms with van der Waals surface area (Å²) in [4.78, 5) is 12.3. The SMILES string of the molecule is Cc1ccc(-c2cc(-c3ccccc3OS(=O)(=O)c3cccc(C(F)(F)F)c3)nn2CC(=O)N[C@H](B(O)O)C(C)C)cc1. The van der Waals surface area contributed by atoms with Gasteiger partial charge in [0.05, 0.1) is 22.9 Å². The van der Waals surface area contributed by atoms with Crippen LogP contribution in [0.2, 0.25) is 0 Å². The van der Waals surface area contributed by atoms with Crippen molar-refractivity contribution in [2.45, 2.75) is 44.3 Å². The van der Waals surface area contributed by atoms with Gasteiger partial charge in [0.2, 0.25) is 5.91 Å². The second-order valence-corrected chi connectivity index (χ2v) is 11.8. The summed E-state index contributed by atoms with van der Waals surface area (Å²) in [5.74, 6) is -1.95. The van der Waals surface area contributed by atoms with Gasteiger partial charge in [0, 0.05) is 5.56 Å². The summed E-state index contributed by atoms with van der Waals surface area (Å²) in [7, 11) is -6.46. The van der Waals surface area contributed by atoms with Gasteiger partial charge < -0.3 is 19.5 Å². The van der Waals surface area contributed by atoms with E-state index in [1.807, 2.05) is 31.2 Å². The number of amides is 1. The fraction of sp³-hybridized carbons (Fsp3) is 0.241. The lowest BCUT2D eigenvalue weighted by Gasteiger charge is -2.21. The van der Waals surface area contributed by atoms with Gasteiger partial charge in [-0.1, -0.05) is 61.9 Å². The first-order valence-corrected chi connectivity index (χ1v) is 14.6. The molecule has 0 aliphatic carbocycles. The molecule has 4 rings (SSSR count). The zero-order valence-electron chi connectivity index (χ0n) is 23.4. The maximum absolute atomic E-state index is 13.2. The number of nitrogens with one attached hydrogen (secondary N) is 1. The van der Waals surface area contributed by atoms with Crippen LogP contribution in [0.15, 0.2) is 83.8 Å². The van der Waals surface area contributed by atoms with E-state index in [1.54, 1.807) is 26.0 Å². The predicted octanol–water partition coefficient (Wildman–Crippen LogP) is 4.46. The van der Waals surface area contributed by atoms with Crippen molar-refractivity contribution in [2.75, 3.05) is 0 Å². The summed E-state index contributed by atoms with van der Waals surface area (Å²) >= 11 is 0. The predicted molar refractivity (Wildman–Crippen MR) is 154 cm³/mol. The van der Waals surface area contributed by atoms with Crippen molar-refractivity contribution in [3.8, 4) is 28.3 Å². The molecule has 0 radical (unpaired) electrons. The molecule has 9 nitrogen and oxygen atoms in total. The van der Waals surface area contributed by atoms with Crippen LogP contribution in [0.25, 0.3) is 22.5 Å². The number of rotatable bonds is 10. The van der Waals surface area contributed by atoms with Crippen molar-refractivity contribution in [1.29, 1.82) is 0 Å². The number of alkyl halides is 3. The molecule has 1 heterocycles. The van der Waals surface area contributed by atoms with E-state index in [0.717, 1.165) is 23.8 Å². The van der Waals surface area contributed by atoms with Crippen molar-refractivity contribution in [3.05, 3.63) is 90.0 Å². The Balaban J connectivity index is 1.73. The molecule has 4 aromatic rings. The fourth-order valence-corrected chi connectivity index (χ4v) is 5.32. The molecular weight excluding hydrogens is 586 g/mol. The Morgan fingerprint density at radius 1 is 1.02 bits per heavy atom. The van der Waals surface area contributed by atoms with Gasteiger partial charge in [-0.25, -0.2) is 0 Å². The number of aryl methyl sites for hydroxylation is 1. The van der Waals surface area contributed by atoms with Crippen LogP contribution in [0.3, 0.4) is 0 Å². The molecule has 0 bridgehead atoms. The number of aromatic nitrogens is 2. The van der Waals surface area contributed by atoms with Gasteiger partial charge in [-0.2, -0.15) is 26.7 Å². The Morgan fingerprint density at radius 2 is 1.70 bits per heavy atom. The van der Waals surface area contributed by atoms with Crippen LogP contribution in [-0.4, -0.2) is 47.2 Å². The lowest BCUT2D eigenvalue weighted by Crippen LogP contribution is -2.50. The van der Waals surface area contributed by atoms with Crippen molar-refractivity contribution >= 4 is 23.1 Å². The van der Waals surface area contributed by atoms with Crippen molar-refractivity contribution in [3.63, 3.8) is 0 Å². The van der Waals surface area contributed by atoms with Crippen LogP contribution >= 0.6 is 0 Å². The summed E-state index contributed by atoms with van der Waals surface area (Å²) in [6.45, 7) is 5.03. The topological polar surface area (TPSA) is 131 Å². The largest absolute Gasteiger partial charge is 0.475 e. The minimum absolute atomic E-state index is 0.187. The zero-order chi connectivity index (χ0) is 31.5. The molecular formula is C29H29BF3N3O6S. The molecule has 0 aliphatic heterocycles. The monoisotopic (exact) mass is 615 g/mol. The second-order valence-electron chi connectivity index (χ2n) is 10.2. The van der Waals surface area contributed by atoms with E-state index in [1.165, 1.54) is 22.9 Å². The van der Waals surface area contributed by atoms with Crippen LogP contribution in [0.1, 0.15) is 25.0 Å². The summed E-state index contributed by atoms with van der Waals surface area (Å²) in [6, 6.07) is 18.2. The molecule has 1 atom stereocenters. The molecule has 0 unspecified atom stereocenters. The van der Waals surface area contributed by atoms with Crippen molar-refractivity contribution in [1.82, 2.24) is 15.1 Å². The number of halogens is 3. The molecule has 43 heavy (non-hydrogen) atoms. The Morgan fingerprint density at radius 3 is 2.33 bits per heavy atom. The van der Waals surface area contributed by atoms with Crippen molar-refractivity contribution < 1.29 is 40.6 Å². The first-order valence-electron chi connectivity index (χ1n) is 13.2. The van der Waals surface area contributed by atoms with Crippen LogP contribution in [0.5, 0.6) is 5.75 Å². The third-order valence-electron chi connectivity index (χ3n) is 6.60. The molecule has 3 aromatic carbocycles. The Hall–Kier alpha value is -4.14. The lowest BCUT2D eigenvalue weighted by atomic mass is 9.73. The van der Waals surface area contributed by atoms with Crippen LogP contribution in [0, 0.1) is 12.8 Å². The van der Waals surface area contributed by atoms with E-state index in [2.05, 4.69) is 10.4 Å². The maximum atomic E-state index is 13.2. The summed E-state index contributed by atoms with van der Waals surface area (Å²) in [5.41, 5.74) is 1.46. The molecule has 0 fully saturated rings. The Bertz CT molecular complexity index is 1700. The Kier molecular flexibility index (Phi) is 9.33. The number of carbonyl (C=O) groups excluding carboxylic acids is 1. The maximum Gasteiger partial charge on any atom is 0.475 e. The summed E-state index contributed by atoms with van der Waals surface area (Å²) in [5, 5.41) is 26.5. The molecule has 14 heteroatoms. The van der Waals surface area contributed by atoms with Crippen molar-refractivity contribution in [2.24, 2.45) is 5.92 Å². The average molecular weight is 615 g/mol. The fourth-order valence-electron chi connectivity index (χ4n) is 4.32. The third kappa shape index (κ3) is 7.64. The number of benzene rings is 3. The highest BCUT2D eigenvalue weighted by atomic mass is 32.2. The molecule has 0 aliphatic rings. The number of nitrogens with zero attached hydrogens (tertiary/aromatic N) is 2. The van der Waals surface area contributed by atoms with Gasteiger partial charge in [0.1, 0.15) is 11.4 Å². The lowest BCUT2D eigenvalue weighted by molar-refractivity contribution is -0.137. The third-order valence-corrected chi connectivity index (χ3v) is 7.83. The van der Waals surface area contributed by atoms with E-state index in [9.17, 15) is 36.4 Å². The van der Waals surface area contributed by atoms with E-state index in [0.29, 0.717) is 17.3 Å². The van der Waals surface area contributed by atoms with Gasteiger partial charge in [-0.3, -0.25) is 9.48 Å². The van der Waals surface area contributed by atoms with Crippen LogP contribution in [-0.2, 0) is 27.6 Å². The highest BCUT2D eigenvalue weighted by Crippen LogP contribution is 2.35. The van der Waals surface area contributed by atoms with Crippen LogP contribution in [0.4, 0.5) is 13.2 Å². The number of carbonyl (C=O) groups is 1. The van der Waals surface area contributed by atoms with Gasteiger partial charge in [-0.05, 0) is 54.8 Å². The molecule has 0 spiro atoms. The highest BCUT2D eigenvalue weighted by molar-refractivity contribution is 7.87. The zero-order valence-corrected chi connectivity index (χ0v) is 24.2. The quantitative estimate of drug-likeness (QED) is 0.177. The molecule has 3 N–H and O–H groups in total. The van der Waals surface area contributed by atoms with Gasteiger partial charge in [0.25, 0.3) is 0 Å². The number of hydrogen-bond acceptors (Lipinski definition) is 7. The van der Waals surface area contributed by atoms with E-state index >= 15 is 0 Å². The van der Waals surface area contributed by atoms with E-state index in [4.69, 9.17) is 4.18 Å². The van der Waals surface area contributed by atoms with Gasteiger partial charge in [0.15, 0.2) is 5.75 Å². The molecule has 0 saturated carbocycles. The standard InChI is InChI=1S/C29H29BF3N3O6S/c1-18(2)28(30(38)39)34-27(37)17-36-25(20-13-11-19(3)12-14-20)16-24(35-36)23-9-4-5-10-26(23)42-43(40,41)22-8-6-7-21(15-22)29(31,32)33/h4-16,18,28,38-39H,17H2,1-3H3,(H,34,37)/t28-/m0/s1. The highest BCUT2D eigenvalue weighted by Gasteiger charge is 2.32.